The van der Waals surface area contributed by atoms with Crippen molar-refractivity contribution in [3.05, 3.63) is 39.7 Å². The summed E-state index contributed by atoms with van der Waals surface area (Å²) in [4.78, 5) is 23.0. The number of ether oxygens (including phenoxy) is 1. The summed E-state index contributed by atoms with van der Waals surface area (Å²) in [5.74, 6) is 0.860. The average Bonchev–Trinajstić information content (AvgIpc) is 2.40. The summed E-state index contributed by atoms with van der Waals surface area (Å²) in [6.45, 7) is 7.56. The lowest BCUT2D eigenvalue weighted by atomic mass is 9.98. The number of carbonyl (C=O) groups excluding carboxylic acids is 1. The quantitative estimate of drug-likeness (QED) is 0.792. The number of rotatable bonds is 5. The standard InChI is InChI=1S/C17H20O4/c1-10(2)7-15-12(4)14-6-5-13(20-9-11(3)18)8-16(14)21-17(15)19/h5-6,8,10H,7,9H2,1-4H3. The number of aryl methyl sites for hydroxylation is 1. The van der Waals surface area contributed by atoms with Crippen LogP contribution >= 0.6 is 0 Å². The lowest BCUT2D eigenvalue weighted by molar-refractivity contribution is -0.118. The van der Waals surface area contributed by atoms with Crippen LogP contribution in [0.2, 0.25) is 0 Å². The highest BCUT2D eigenvalue weighted by Crippen LogP contribution is 2.25. The molecule has 2 rings (SSSR count). The zero-order valence-corrected chi connectivity index (χ0v) is 12.9. The Balaban J connectivity index is 2.46. The van der Waals surface area contributed by atoms with Gasteiger partial charge in [-0.1, -0.05) is 13.8 Å². The van der Waals surface area contributed by atoms with Crippen molar-refractivity contribution < 1.29 is 13.9 Å². The van der Waals surface area contributed by atoms with E-state index < -0.39 is 0 Å². The SMILES string of the molecule is CC(=O)COc1ccc2c(C)c(CC(C)C)c(=O)oc2c1. The van der Waals surface area contributed by atoms with Gasteiger partial charge in [-0.05, 0) is 43.9 Å². The molecule has 0 atom stereocenters. The molecule has 0 N–H and O–H groups in total. The molecule has 0 spiro atoms. The Morgan fingerprint density at radius 2 is 2.05 bits per heavy atom. The van der Waals surface area contributed by atoms with Gasteiger partial charge in [0.15, 0.2) is 5.78 Å². The average molecular weight is 288 g/mol. The summed E-state index contributed by atoms with van der Waals surface area (Å²) in [5.41, 5.74) is 1.88. The van der Waals surface area contributed by atoms with E-state index in [9.17, 15) is 9.59 Å². The minimum absolute atomic E-state index is 0.0140. The maximum Gasteiger partial charge on any atom is 0.339 e. The van der Waals surface area contributed by atoms with Crippen molar-refractivity contribution in [2.24, 2.45) is 5.92 Å². The molecule has 0 aliphatic carbocycles. The first kappa shape index (κ1) is 15.3. The Labute approximate surface area is 123 Å². The van der Waals surface area contributed by atoms with Crippen LogP contribution in [0.5, 0.6) is 5.75 Å². The van der Waals surface area contributed by atoms with Gasteiger partial charge >= 0.3 is 5.63 Å². The van der Waals surface area contributed by atoms with Gasteiger partial charge in [-0.3, -0.25) is 4.79 Å². The van der Waals surface area contributed by atoms with Crippen molar-refractivity contribution in [3.8, 4) is 5.75 Å². The van der Waals surface area contributed by atoms with E-state index in [4.69, 9.17) is 9.15 Å². The molecule has 1 aromatic carbocycles. The van der Waals surface area contributed by atoms with Crippen molar-refractivity contribution in [2.45, 2.75) is 34.1 Å². The van der Waals surface area contributed by atoms with E-state index in [1.54, 1.807) is 12.1 Å². The third-order valence-electron chi connectivity index (χ3n) is 3.31. The van der Waals surface area contributed by atoms with Gasteiger partial charge in [-0.25, -0.2) is 4.79 Å². The summed E-state index contributed by atoms with van der Waals surface area (Å²) < 4.78 is 10.7. The van der Waals surface area contributed by atoms with Crippen LogP contribution < -0.4 is 10.4 Å². The van der Waals surface area contributed by atoms with E-state index >= 15 is 0 Å². The second kappa shape index (κ2) is 6.12. The highest BCUT2D eigenvalue weighted by Gasteiger charge is 2.13. The van der Waals surface area contributed by atoms with Crippen molar-refractivity contribution in [1.82, 2.24) is 0 Å². The van der Waals surface area contributed by atoms with Crippen LogP contribution in [-0.4, -0.2) is 12.4 Å². The lowest BCUT2D eigenvalue weighted by Gasteiger charge is -2.10. The van der Waals surface area contributed by atoms with Crippen LogP contribution in [0.3, 0.4) is 0 Å². The fourth-order valence-electron chi connectivity index (χ4n) is 2.29. The van der Waals surface area contributed by atoms with E-state index in [0.717, 1.165) is 16.5 Å². The molecular formula is C17H20O4. The summed E-state index contributed by atoms with van der Waals surface area (Å²) in [6.07, 6.45) is 0.701. The highest BCUT2D eigenvalue weighted by atomic mass is 16.5. The molecule has 0 saturated heterocycles. The van der Waals surface area contributed by atoms with Crippen LogP contribution in [0.4, 0.5) is 0 Å². The number of hydrogen-bond donors (Lipinski definition) is 0. The molecule has 2 aromatic rings. The molecule has 0 aliphatic rings. The predicted octanol–water partition coefficient (Wildman–Crippen LogP) is 3.27. The van der Waals surface area contributed by atoms with Crippen molar-refractivity contribution in [2.75, 3.05) is 6.61 Å². The first-order valence-corrected chi connectivity index (χ1v) is 7.07. The molecular weight excluding hydrogens is 268 g/mol. The fraction of sp³-hybridized carbons (Fsp3) is 0.412. The molecule has 1 heterocycles. The molecule has 1 aromatic heterocycles. The highest BCUT2D eigenvalue weighted by molar-refractivity contribution is 5.82. The van der Waals surface area contributed by atoms with Gasteiger partial charge in [0, 0.05) is 17.0 Å². The smallest absolute Gasteiger partial charge is 0.339 e. The molecule has 0 fully saturated rings. The molecule has 0 radical (unpaired) electrons. The third-order valence-corrected chi connectivity index (χ3v) is 3.31. The second-order valence-corrected chi connectivity index (χ2v) is 5.74. The lowest BCUT2D eigenvalue weighted by Crippen LogP contribution is -2.13. The maximum absolute atomic E-state index is 12.1. The molecule has 0 amide bonds. The Morgan fingerprint density at radius 1 is 1.33 bits per heavy atom. The van der Waals surface area contributed by atoms with Gasteiger partial charge in [0.05, 0.1) is 0 Å². The van der Waals surface area contributed by atoms with E-state index in [0.29, 0.717) is 23.7 Å². The van der Waals surface area contributed by atoms with Crippen molar-refractivity contribution >= 4 is 16.8 Å². The zero-order chi connectivity index (χ0) is 15.6. The van der Waals surface area contributed by atoms with E-state index in [1.807, 2.05) is 13.0 Å². The molecule has 0 aliphatic heterocycles. The summed E-state index contributed by atoms with van der Waals surface area (Å²) >= 11 is 0. The molecule has 21 heavy (non-hydrogen) atoms. The molecule has 0 bridgehead atoms. The molecule has 0 unspecified atom stereocenters. The Hall–Kier alpha value is -2.10. The molecule has 4 heteroatoms. The van der Waals surface area contributed by atoms with Gasteiger partial charge in [-0.2, -0.15) is 0 Å². The maximum atomic E-state index is 12.1. The van der Waals surface area contributed by atoms with E-state index in [1.165, 1.54) is 6.92 Å². The Bertz CT molecular complexity index is 725. The second-order valence-electron chi connectivity index (χ2n) is 5.74. The van der Waals surface area contributed by atoms with Gasteiger partial charge in [0.2, 0.25) is 0 Å². The first-order valence-electron chi connectivity index (χ1n) is 7.07. The molecule has 112 valence electrons. The number of hydrogen-bond acceptors (Lipinski definition) is 4. The fourth-order valence-corrected chi connectivity index (χ4v) is 2.29. The number of fused-ring (bicyclic) bond motifs is 1. The van der Waals surface area contributed by atoms with E-state index in [2.05, 4.69) is 13.8 Å². The number of Topliss-reactive ketones (excluding diaryl/α,β-unsaturated/α-hetero) is 1. The summed E-state index contributed by atoms with van der Waals surface area (Å²) in [6, 6.07) is 5.32. The Morgan fingerprint density at radius 3 is 2.67 bits per heavy atom. The minimum atomic E-state index is -0.294. The van der Waals surface area contributed by atoms with Crippen LogP contribution in [0, 0.1) is 12.8 Å². The van der Waals surface area contributed by atoms with Gasteiger partial charge in [0.1, 0.15) is 17.9 Å². The van der Waals surface area contributed by atoms with Crippen LogP contribution in [0.15, 0.2) is 27.4 Å². The summed E-state index contributed by atoms with van der Waals surface area (Å²) in [7, 11) is 0. The molecule has 4 nitrogen and oxygen atoms in total. The number of ketones is 1. The largest absolute Gasteiger partial charge is 0.486 e. The monoisotopic (exact) mass is 288 g/mol. The van der Waals surface area contributed by atoms with Crippen LogP contribution in [0.25, 0.3) is 11.0 Å². The first-order chi connectivity index (χ1) is 9.88. The van der Waals surface area contributed by atoms with E-state index in [-0.39, 0.29) is 18.0 Å². The van der Waals surface area contributed by atoms with Crippen LogP contribution in [-0.2, 0) is 11.2 Å². The van der Waals surface area contributed by atoms with Gasteiger partial charge in [0.25, 0.3) is 0 Å². The Kier molecular flexibility index (Phi) is 4.46. The van der Waals surface area contributed by atoms with Gasteiger partial charge in [-0.15, -0.1) is 0 Å². The number of carbonyl (C=O) groups is 1. The normalized spacial score (nSPS) is 11.1. The predicted molar refractivity (Wildman–Crippen MR) is 81.9 cm³/mol. The van der Waals surface area contributed by atoms with Crippen LogP contribution in [0.1, 0.15) is 31.9 Å². The third kappa shape index (κ3) is 3.51. The zero-order valence-electron chi connectivity index (χ0n) is 12.9. The summed E-state index contributed by atoms with van der Waals surface area (Å²) in [5, 5.41) is 0.903. The van der Waals surface area contributed by atoms with Crippen molar-refractivity contribution in [1.29, 1.82) is 0 Å². The van der Waals surface area contributed by atoms with Gasteiger partial charge < -0.3 is 9.15 Å². The van der Waals surface area contributed by atoms with Crippen molar-refractivity contribution in [3.63, 3.8) is 0 Å². The topological polar surface area (TPSA) is 56.5 Å². The minimum Gasteiger partial charge on any atom is -0.486 e. The molecule has 0 saturated carbocycles. The number of benzene rings is 1.